The van der Waals surface area contributed by atoms with Crippen molar-refractivity contribution < 1.29 is 4.79 Å². The Balaban J connectivity index is 1.79. The SMILES string of the molecule is Cn1c(CN)nnc1SCC(=O)NCc1ccccc1. The van der Waals surface area contributed by atoms with Crippen LogP contribution in [0.3, 0.4) is 0 Å². The Bertz CT molecular complexity index is 569. The number of nitrogens with two attached hydrogens (primary N) is 1. The molecule has 1 aromatic heterocycles. The largest absolute Gasteiger partial charge is 0.351 e. The Labute approximate surface area is 121 Å². The summed E-state index contributed by atoms with van der Waals surface area (Å²) in [7, 11) is 1.84. The van der Waals surface area contributed by atoms with Gasteiger partial charge >= 0.3 is 0 Å². The van der Waals surface area contributed by atoms with E-state index in [4.69, 9.17) is 5.73 Å². The summed E-state index contributed by atoms with van der Waals surface area (Å²) >= 11 is 1.35. The third kappa shape index (κ3) is 3.82. The summed E-state index contributed by atoms with van der Waals surface area (Å²) in [6.07, 6.45) is 0. The van der Waals surface area contributed by atoms with Gasteiger partial charge in [-0.15, -0.1) is 10.2 Å². The number of carbonyl (C=O) groups is 1. The van der Waals surface area contributed by atoms with Crippen LogP contribution in [0.25, 0.3) is 0 Å². The summed E-state index contributed by atoms with van der Waals surface area (Å²) in [5, 5.41) is 11.5. The van der Waals surface area contributed by atoms with Crippen LogP contribution in [0.2, 0.25) is 0 Å². The molecule has 2 rings (SSSR count). The van der Waals surface area contributed by atoms with E-state index in [-0.39, 0.29) is 5.91 Å². The fourth-order valence-corrected chi connectivity index (χ4v) is 2.39. The molecule has 1 heterocycles. The van der Waals surface area contributed by atoms with Gasteiger partial charge in [0, 0.05) is 13.6 Å². The molecule has 0 aliphatic carbocycles. The van der Waals surface area contributed by atoms with E-state index in [1.807, 2.05) is 37.4 Å². The van der Waals surface area contributed by atoms with Gasteiger partial charge in [0.2, 0.25) is 5.91 Å². The lowest BCUT2D eigenvalue weighted by Gasteiger charge is -2.05. The van der Waals surface area contributed by atoms with Gasteiger partial charge < -0.3 is 15.6 Å². The number of nitrogens with zero attached hydrogens (tertiary/aromatic N) is 3. The van der Waals surface area contributed by atoms with E-state index in [9.17, 15) is 4.79 Å². The molecule has 7 heteroatoms. The van der Waals surface area contributed by atoms with Crippen LogP contribution in [0.1, 0.15) is 11.4 Å². The van der Waals surface area contributed by atoms with Crippen LogP contribution >= 0.6 is 11.8 Å². The van der Waals surface area contributed by atoms with Crippen molar-refractivity contribution in [3.05, 3.63) is 41.7 Å². The third-order valence-electron chi connectivity index (χ3n) is 2.77. The molecule has 1 amide bonds. The average molecular weight is 291 g/mol. The van der Waals surface area contributed by atoms with Crippen LogP contribution < -0.4 is 11.1 Å². The summed E-state index contributed by atoms with van der Waals surface area (Å²) in [5.74, 6) is 0.983. The Morgan fingerprint density at radius 3 is 2.75 bits per heavy atom. The number of aromatic nitrogens is 3. The number of hydrogen-bond donors (Lipinski definition) is 2. The minimum Gasteiger partial charge on any atom is -0.351 e. The molecule has 0 saturated carbocycles. The Morgan fingerprint density at radius 2 is 2.10 bits per heavy atom. The first-order valence-corrected chi connectivity index (χ1v) is 7.21. The molecule has 0 bridgehead atoms. The van der Waals surface area contributed by atoms with Crippen molar-refractivity contribution in [2.45, 2.75) is 18.2 Å². The fourth-order valence-electron chi connectivity index (χ4n) is 1.63. The molecule has 1 aromatic carbocycles. The Kier molecular flexibility index (Phi) is 5.14. The smallest absolute Gasteiger partial charge is 0.230 e. The number of amides is 1. The van der Waals surface area contributed by atoms with E-state index in [2.05, 4.69) is 15.5 Å². The van der Waals surface area contributed by atoms with Crippen molar-refractivity contribution in [3.63, 3.8) is 0 Å². The number of thioether (sulfide) groups is 1. The lowest BCUT2D eigenvalue weighted by molar-refractivity contribution is -0.118. The average Bonchev–Trinajstić information content (AvgIpc) is 2.84. The van der Waals surface area contributed by atoms with Crippen molar-refractivity contribution in [1.82, 2.24) is 20.1 Å². The standard InChI is InChI=1S/C13H17N5OS/c1-18-11(7-14)16-17-13(18)20-9-12(19)15-8-10-5-3-2-4-6-10/h2-6H,7-9,14H2,1H3,(H,15,19). The van der Waals surface area contributed by atoms with Gasteiger partial charge in [0.25, 0.3) is 0 Å². The zero-order chi connectivity index (χ0) is 14.4. The van der Waals surface area contributed by atoms with E-state index in [1.165, 1.54) is 11.8 Å². The summed E-state index contributed by atoms with van der Waals surface area (Å²) < 4.78 is 1.80. The second-order valence-electron chi connectivity index (χ2n) is 4.21. The molecule has 0 spiro atoms. The molecule has 20 heavy (non-hydrogen) atoms. The van der Waals surface area contributed by atoms with Crippen LogP contribution in [0.4, 0.5) is 0 Å². The van der Waals surface area contributed by atoms with Crippen molar-refractivity contribution in [1.29, 1.82) is 0 Å². The molecule has 106 valence electrons. The summed E-state index contributed by atoms with van der Waals surface area (Å²) in [6, 6.07) is 9.80. The van der Waals surface area contributed by atoms with Crippen LogP contribution in [-0.2, 0) is 24.9 Å². The van der Waals surface area contributed by atoms with E-state index < -0.39 is 0 Å². The molecule has 6 nitrogen and oxygen atoms in total. The highest BCUT2D eigenvalue weighted by atomic mass is 32.2. The van der Waals surface area contributed by atoms with E-state index in [1.54, 1.807) is 4.57 Å². The van der Waals surface area contributed by atoms with Crippen LogP contribution in [0.5, 0.6) is 0 Å². The maximum Gasteiger partial charge on any atom is 0.230 e. The minimum absolute atomic E-state index is 0.0313. The van der Waals surface area contributed by atoms with Crippen LogP contribution in [0.15, 0.2) is 35.5 Å². The molecular weight excluding hydrogens is 274 g/mol. The maximum atomic E-state index is 11.8. The van der Waals surface area contributed by atoms with Crippen molar-refractivity contribution in [3.8, 4) is 0 Å². The molecule has 0 aliphatic heterocycles. The molecular formula is C13H17N5OS. The van der Waals surface area contributed by atoms with Crippen molar-refractivity contribution in [2.75, 3.05) is 5.75 Å². The summed E-state index contributed by atoms with van der Waals surface area (Å²) in [5.41, 5.74) is 6.60. The number of benzene rings is 1. The topological polar surface area (TPSA) is 85.8 Å². The van der Waals surface area contributed by atoms with Gasteiger partial charge in [-0.25, -0.2) is 0 Å². The third-order valence-corrected chi connectivity index (χ3v) is 3.79. The molecule has 0 fully saturated rings. The zero-order valence-electron chi connectivity index (χ0n) is 11.2. The first kappa shape index (κ1) is 14.5. The number of hydrogen-bond acceptors (Lipinski definition) is 5. The monoisotopic (exact) mass is 291 g/mol. The van der Waals surface area contributed by atoms with Gasteiger partial charge in [-0.05, 0) is 5.56 Å². The molecule has 0 aliphatic rings. The molecule has 0 saturated heterocycles. The van der Waals surface area contributed by atoms with Gasteiger partial charge in [0.15, 0.2) is 5.16 Å². The highest BCUT2D eigenvalue weighted by molar-refractivity contribution is 7.99. The number of carbonyl (C=O) groups excluding carboxylic acids is 1. The number of rotatable bonds is 6. The summed E-state index contributed by atoms with van der Waals surface area (Å²) in [6.45, 7) is 0.872. The van der Waals surface area contributed by atoms with Crippen molar-refractivity contribution in [2.24, 2.45) is 12.8 Å². The predicted molar refractivity (Wildman–Crippen MR) is 77.9 cm³/mol. The highest BCUT2D eigenvalue weighted by Crippen LogP contribution is 2.14. The normalized spacial score (nSPS) is 10.5. The predicted octanol–water partition coefficient (Wildman–Crippen LogP) is 0.682. The first-order chi connectivity index (χ1) is 9.70. The second-order valence-corrected chi connectivity index (χ2v) is 5.16. The minimum atomic E-state index is -0.0313. The number of nitrogens with one attached hydrogen (secondary N) is 1. The lowest BCUT2D eigenvalue weighted by Crippen LogP contribution is -2.24. The molecule has 0 unspecified atom stereocenters. The molecule has 0 atom stereocenters. The van der Waals surface area contributed by atoms with Gasteiger partial charge in [0.1, 0.15) is 5.82 Å². The Hall–Kier alpha value is -1.86. The maximum absolute atomic E-state index is 11.8. The van der Waals surface area contributed by atoms with E-state index in [0.717, 1.165) is 5.56 Å². The molecule has 2 aromatic rings. The summed E-state index contributed by atoms with van der Waals surface area (Å²) in [4.78, 5) is 11.8. The van der Waals surface area contributed by atoms with Gasteiger partial charge in [-0.3, -0.25) is 4.79 Å². The molecule has 3 N–H and O–H groups in total. The second kappa shape index (κ2) is 7.06. The van der Waals surface area contributed by atoms with Crippen LogP contribution in [0, 0.1) is 0 Å². The van der Waals surface area contributed by atoms with Gasteiger partial charge in [-0.1, -0.05) is 42.1 Å². The van der Waals surface area contributed by atoms with Crippen molar-refractivity contribution >= 4 is 17.7 Å². The highest BCUT2D eigenvalue weighted by Gasteiger charge is 2.10. The zero-order valence-corrected chi connectivity index (χ0v) is 12.1. The van der Waals surface area contributed by atoms with Gasteiger partial charge in [-0.2, -0.15) is 0 Å². The fraction of sp³-hybridized carbons (Fsp3) is 0.308. The Morgan fingerprint density at radius 1 is 1.35 bits per heavy atom. The first-order valence-electron chi connectivity index (χ1n) is 6.22. The quantitative estimate of drug-likeness (QED) is 0.765. The van der Waals surface area contributed by atoms with E-state index in [0.29, 0.717) is 29.8 Å². The van der Waals surface area contributed by atoms with Crippen LogP contribution in [-0.4, -0.2) is 26.4 Å². The lowest BCUT2D eigenvalue weighted by atomic mass is 10.2. The van der Waals surface area contributed by atoms with Gasteiger partial charge in [0.05, 0.1) is 12.3 Å². The molecule has 0 radical (unpaired) electrons. The van der Waals surface area contributed by atoms with E-state index >= 15 is 0 Å².